The molecule has 0 unspecified atom stereocenters. The Morgan fingerprint density at radius 1 is 1.35 bits per heavy atom. The van der Waals surface area contributed by atoms with Crippen LogP contribution in [-0.4, -0.2) is 20.9 Å². The van der Waals surface area contributed by atoms with Crippen LogP contribution in [0.2, 0.25) is 0 Å². The van der Waals surface area contributed by atoms with Crippen molar-refractivity contribution in [3.05, 3.63) is 53.2 Å². The fraction of sp³-hybridized carbons (Fsp3) is 0.188. The molecule has 0 saturated carbocycles. The predicted octanol–water partition coefficient (Wildman–Crippen LogP) is 3.18. The number of rotatable bonds is 5. The summed E-state index contributed by atoms with van der Waals surface area (Å²) in [5, 5.41) is 14.5. The summed E-state index contributed by atoms with van der Waals surface area (Å²) in [4.78, 5) is 10.0. The Kier molecular flexibility index (Phi) is 4.46. The number of nitrogens with zero attached hydrogens (tertiary/aromatic N) is 4. The third kappa shape index (κ3) is 3.13. The van der Waals surface area contributed by atoms with Crippen LogP contribution in [0.3, 0.4) is 0 Å². The maximum atomic E-state index is 9.47. The second-order valence-electron chi connectivity index (χ2n) is 4.89. The van der Waals surface area contributed by atoms with Gasteiger partial charge in [-0.3, -0.25) is 4.84 Å². The Labute approximate surface area is 138 Å². The normalized spacial score (nSPS) is 10.7. The van der Waals surface area contributed by atoms with Crippen molar-refractivity contribution < 1.29 is 4.84 Å². The number of benzene rings is 1. The van der Waals surface area contributed by atoms with Crippen LogP contribution in [0.1, 0.15) is 16.8 Å². The lowest BCUT2D eigenvalue weighted by atomic mass is 10.2. The van der Waals surface area contributed by atoms with E-state index in [1.807, 2.05) is 49.6 Å². The largest absolute Gasteiger partial charge is 0.270 e. The highest BCUT2D eigenvalue weighted by atomic mass is 32.2. The lowest BCUT2D eigenvalue weighted by Crippen LogP contribution is -2.10. The van der Waals surface area contributed by atoms with E-state index in [-0.39, 0.29) is 0 Å². The summed E-state index contributed by atoms with van der Waals surface area (Å²) < 4.78 is 1.60. The number of hydrogen-bond acceptors (Lipinski definition) is 6. The van der Waals surface area contributed by atoms with Gasteiger partial charge in [-0.25, -0.2) is 10.5 Å². The Hall–Kier alpha value is -2.56. The van der Waals surface area contributed by atoms with Gasteiger partial charge in [0, 0.05) is 6.07 Å². The van der Waals surface area contributed by atoms with Gasteiger partial charge in [0.2, 0.25) is 0 Å². The number of hydrogen-bond donors (Lipinski definition) is 1. The van der Waals surface area contributed by atoms with Gasteiger partial charge in [-0.1, -0.05) is 30.3 Å². The van der Waals surface area contributed by atoms with Gasteiger partial charge in [0.1, 0.15) is 16.7 Å². The van der Waals surface area contributed by atoms with Crippen LogP contribution in [0, 0.1) is 18.3 Å². The van der Waals surface area contributed by atoms with Crippen LogP contribution in [0.15, 0.2) is 41.4 Å². The predicted molar refractivity (Wildman–Crippen MR) is 89.1 cm³/mol. The first kappa shape index (κ1) is 15.3. The van der Waals surface area contributed by atoms with Crippen LogP contribution in [0.25, 0.3) is 5.65 Å². The molecule has 0 atom stereocenters. The van der Waals surface area contributed by atoms with Crippen molar-refractivity contribution in [2.24, 2.45) is 0 Å². The Balaban J connectivity index is 1.93. The van der Waals surface area contributed by atoms with Crippen molar-refractivity contribution in [3.63, 3.8) is 0 Å². The summed E-state index contributed by atoms with van der Waals surface area (Å²) in [7, 11) is 0. The highest BCUT2D eigenvalue weighted by Gasteiger charge is 2.16. The SMILES string of the molecule is CSc1nc2cc(C)nn2c(NOCc2ccccc2)c1C#N. The van der Waals surface area contributed by atoms with Crippen molar-refractivity contribution in [2.45, 2.75) is 18.6 Å². The van der Waals surface area contributed by atoms with E-state index in [2.05, 4.69) is 21.6 Å². The number of nitriles is 1. The molecule has 0 aliphatic carbocycles. The summed E-state index contributed by atoms with van der Waals surface area (Å²) in [6.45, 7) is 2.26. The first-order valence-corrected chi connectivity index (χ1v) is 8.21. The molecule has 23 heavy (non-hydrogen) atoms. The van der Waals surface area contributed by atoms with Crippen molar-refractivity contribution >= 4 is 23.2 Å². The molecule has 0 saturated heterocycles. The van der Waals surface area contributed by atoms with Crippen LogP contribution >= 0.6 is 11.8 Å². The van der Waals surface area contributed by atoms with E-state index in [9.17, 15) is 5.26 Å². The van der Waals surface area contributed by atoms with Gasteiger partial charge in [0.25, 0.3) is 0 Å². The fourth-order valence-corrected chi connectivity index (χ4v) is 2.73. The van der Waals surface area contributed by atoms with Gasteiger partial charge < -0.3 is 0 Å². The first-order chi connectivity index (χ1) is 11.2. The second-order valence-corrected chi connectivity index (χ2v) is 5.68. The van der Waals surface area contributed by atoms with E-state index >= 15 is 0 Å². The summed E-state index contributed by atoms with van der Waals surface area (Å²) in [6, 6.07) is 13.8. The molecule has 0 radical (unpaired) electrons. The van der Waals surface area contributed by atoms with Gasteiger partial charge in [-0.15, -0.1) is 11.8 Å². The minimum absolute atomic E-state index is 0.379. The van der Waals surface area contributed by atoms with Crippen LogP contribution in [-0.2, 0) is 11.4 Å². The van der Waals surface area contributed by atoms with Crippen molar-refractivity contribution in [1.82, 2.24) is 14.6 Å². The second kappa shape index (κ2) is 6.69. The molecule has 0 amide bonds. The topological polar surface area (TPSA) is 75.2 Å². The third-order valence-electron chi connectivity index (χ3n) is 3.25. The Morgan fingerprint density at radius 3 is 2.83 bits per heavy atom. The zero-order chi connectivity index (χ0) is 16.2. The zero-order valence-electron chi connectivity index (χ0n) is 12.8. The van der Waals surface area contributed by atoms with Crippen LogP contribution in [0.4, 0.5) is 5.82 Å². The number of aromatic nitrogens is 3. The molecule has 1 N–H and O–H groups in total. The fourth-order valence-electron chi connectivity index (χ4n) is 2.20. The minimum Gasteiger partial charge on any atom is -0.270 e. The van der Waals surface area contributed by atoms with E-state index in [1.54, 1.807) is 4.52 Å². The van der Waals surface area contributed by atoms with Gasteiger partial charge in [-0.2, -0.15) is 14.9 Å². The molecule has 2 heterocycles. The monoisotopic (exact) mass is 325 g/mol. The first-order valence-electron chi connectivity index (χ1n) is 6.99. The summed E-state index contributed by atoms with van der Waals surface area (Å²) in [6.07, 6.45) is 1.89. The smallest absolute Gasteiger partial charge is 0.174 e. The van der Waals surface area contributed by atoms with Crippen LogP contribution < -0.4 is 5.48 Å². The molecule has 3 aromatic rings. The molecule has 0 bridgehead atoms. The number of fused-ring (bicyclic) bond motifs is 1. The molecule has 0 fully saturated rings. The minimum atomic E-state index is 0.379. The van der Waals surface area contributed by atoms with E-state index in [4.69, 9.17) is 4.84 Å². The number of anilines is 1. The molecule has 0 spiro atoms. The van der Waals surface area contributed by atoms with Crippen molar-refractivity contribution in [2.75, 3.05) is 11.7 Å². The number of nitrogens with one attached hydrogen (secondary N) is 1. The molecular weight excluding hydrogens is 310 g/mol. The molecule has 3 rings (SSSR count). The van der Waals surface area contributed by atoms with E-state index in [0.717, 1.165) is 11.3 Å². The van der Waals surface area contributed by atoms with Crippen molar-refractivity contribution in [1.29, 1.82) is 5.26 Å². The average molecular weight is 325 g/mol. The van der Waals surface area contributed by atoms with Gasteiger partial charge in [0.05, 0.1) is 12.3 Å². The van der Waals surface area contributed by atoms with E-state index < -0.39 is 0 Å². The Bertz CT molecular complexity index is 870. The molecule has 1 aromatic carbocycles. The maximum Gasteiger partial charge on any atom is 0.174 e. The summed E-state index contributed by atoms with van der Waals surface area (Å²) in [5.41, 5.74) is 5.82. The lowest BCUT2D eigenvalue weighted by Gasteiger charge is -2.12. The maximum absolute atomic E-state index is 9.47. The lowest BCUT2D eigenvalue weighted by molar-refractivity contribution is 0.178. The molecule has 116 valence electrons. The molecule has 2 aromatic heterocycles. The van der Waals surface area contributed by atoms with Gasteiger partial charge in [0.15, 0.2) is 11.5 Å². The van der Waals surface area contributed by atoms with Gasteiger partial charge >= 0.3 is 0 Å². The molecule has 0 aliphatic heterocycles. The molecule has 6 nitrogen and oxygen atoms in total. The van der Waals surface area contributed by atoms with Gasteiger partial charge in [-0.05, 0) is 18.7 Å². The highest BCUT2D eigenvalue weighted by molar-refractivity contribution is 7.98. The average Bonchev–Trinajstić information content (AvgIpc) is 2.95. The zero-order valence-corrected chi connectivity index (χ0v) is 13.6. The van der Waals surface area contributed by atoms with Crippen LogP contribution in [0.5, 0.6) is 0 Å². The highest BCUT2D eigenvalue weighted by Crippen LogP contribution is 2.26. The molecule has 7 heteroatoms. The number of thioether (sulfide) groups is 1. The molecular formula is C16H15N5OS. The van der Waals surface area contributed by atoms with Crippen molar-refractivity contribution in [3.8, 4) is 6.07 Å². The quantitative estimate of drug-likeness (QED) is 0.441. The Morgan fingerprint density at radius 2 is 2.13 bits per heavy atom. The summed E-state index contributed by atoms with van der Waals surface area (Å²) >= 11 is 1.42. The van der Waals surface area contributed by atoms with E-state index in [1.165, 1.54) is 11.8 Å². The summed E-state index contributed by atoms with van der Waals surface area (Å²) in [5.74, 6) is 0.492. The molecule has 0 aliphatic rings. The number of aryl methyl sites for hydroxylation is 1. The van der Waals surface area contributed by atoms with E-state index in [0.29, 0.717) is 28.7 Å². The third-order valence-corrected chi connectivity index (χ3v) is 3.93. The standard InChI is InChI=1S/C16H15N5OS/c1-11-8-14-18-16(23-2)13(9-17)15(21(14)19-11)20-22-10-12-6-4-3-5-7-12/h3-8,20H,10H2,1-2H3.